The minimum Gasteiger partial charge on any atom is -0.381 e. The Hall–Kier alpha value is -1.61. The predicted octanol–water partition coefficient (Wildman–Crippen LogP) is 2.61. The molecule has 4 aliphatic rings. The van der Waals surface area contributed by atoms with Crippen molar-refractivity contribution < 1.29 is 8.95 Å². The molecule has 0 spiro atoms. The topological polar surface area (TPSA) is 60.4 Å². The van der Waals surface area contributed by atoms with Crippen LogP contribution in [0.3, 0.4) is 0 Å². The molecule has 0 amide bonds. The average molecular weight is 478 g/mol. The van der Waals surface area contributed by atoms with Crippen LogP contribution in [0.4, 0.5) is 5.69 Å². The van der Waals surface area contributed by atoms with Crippen molar-refractivity contribution in [3.8, 4) is 0 Å². The molecule has 2 fully saturated rings. The molecule has 0 aromatic heterocycles. The van der Waals surface area contributed by atoms with Gasteiger partial charge in [0.25, 0.3) is 0 Å². The Bertz CT molecular complexity index is 931. The first-order chi connectivity index (χ1) is 15.5. The van der Waals surface area contributed by atoms with Crippen LogP contribution in [0.1, 0.15) is 26.2 Å². The van der Waals surface area contributed by atoms with Gasteiger partial charge in [0.1, 0.15) is 10.7 Å². The Balaban J connectivity index is 1.35. The van der Waals surface area contributed by atoms with Gasteiger partial charge in [0, 0.05) is 80.6 Å². The van der Waals surface area contributed by atoms with Gasteiger partial charge < -0.3 is 19.9 Å². The summed E-state index contributed by atoms with van der Waals surface area (Å²) < 4.78 is 18.3. The second kappa shape index (κ2) is 9.33. The van der Waals surface area contributed by atoms with E-state index >= 15 is 0 Å². The number of aliphatic imine (C=N–C) groups is 1. The van der Waals surface area contributed by atoms with Gasteiger partial charge in [-0.3, -0.25) is 9.11 Å². The van der Waals surface area contributed by atoms with E-state index in [1.165, 1.54) is 11.4 Å². The number of anilines is 1. The summed E-state index contributed by atoms with van der Waals surface area (Å²) >= 11 is 6.07. The van der Waals surface area contributed by atoms with Crippen LogP contribution in [0.5, 0.6) is 0 Å². The number of allylic oxidation sites excluding steroid dienone is 1. The summed E-state index contributed by atoms with van der Waals surface area (Å²) in [6, 6.07) is 8.75. The number of benzene rings is 1. The maximum atomic E-state index is 12.8. The third kappa shape index (κ3) is 4.30. The first-order valence-electron chi connectivity index (χ1n) is 11.5. The van der Waals surface area contributed by atoms with E-state index in [1.54, 1.807) is 0 Å². The fourth-order valence-corrected chi connectivity index (χ4v) is 6.70. The molecular weight excluding hydrogens is 446 g/mol. The lowest BCUT2D eigenvalue weighted by Crippen LogP contribution is -2.60. The van der Waals surface area contributed by atoms with Crippen LogP contribution in [0, 0.1) is 0 Å². The van der Waals surface area contributed by atoms with Gasteiger partial charge in [-0.15, -0.1) is 0 Å². The molecule has 1 aromatic carbocycles. The van der Waals surface area contributed by atoms with Crippen molar-refractivity contribution in [3.05, 3.63) is 39.9 Å². The van der Waals surface area contributed by atoms with E-state index in [-0.39, 0.29) is 6.29 Å². The molecule has 4 aliphatic heterocycles. The largest absolute Gasteiger partial charge is 0.381 e. The first-order valence-corrected chi connectivity index (χ1v) is 13.2. The summed E-state index contributed by atoms with van der Waals surface area (Å²) in [7, 11) is 1.13. The first kappa shape index (κ1) is 22.2. The molecule has 0 aliphatic carbocycles. The van der Waals surface area contributed by atoms with E-state index in [1.807, 2.05) is 12.1 Å². The lowest BCUT2D eigenvalue weighted by molar-refractivity contribution is 0.0452. The normalized spacial score (nSPS) is 29.8. The Labute approximate surface area is 197 Å². The van der Waals surface area contributed by atoms with Crippen molar-refractivity contribution in [3.63, 3.8) is 0 Å². The Morgan fingerprint density at radius 1 is 1.19 bits per heavy atom. The summed E-state index contributed by atoms with van der Waals surface area (Å²) in [6.07, 6.45) is 2.70. The van der Waals surface area contributed by atoms with Gasteiger partial charge in [-0.05, 0) is 44.0 Å². The minimum atomic E-state index is -0.980. The molecule has 0 radical (unpaired) electrons. The lowest BCUT2D eigenvalue weighted by atomic mass is 10.1. The number of hydrogen-bond acceptors (Lipinski definition) is 7. The van der Waals surface area contributed by atoms with Crippen molar-refractivity contribution in [1.29, 1.82) is 0 Å². The Kier molecular flexibility index (Phi) is 6.47. The van der Waals surface area contributed by atoms with E-state index in [0.29, 0.717) is 17.8 Å². The van der Waals surface area contributed by atoms with Gasteiger partial charge in [0.15, 0.2) is 6.29 Å². The predicted molar refractivity (Wildman–Crippen MR) is 130 cm³/mol. The fourth-order valence-electron chi connectivity index (χ4n) is 5.15. The van der Waals surface area contributed by atoms with Crippen molar-refractivity contribution in [1.82, 2.24) is 15.1 Å². The molecule has 4 heterocycles. The summed E-state index contributed by atoms with van der Waals surface area (Å²) in [5.41, 5.74) is 2.39. The van der Waals surface area contributed by atoms with E-state index in [2.05, 4.69) is 46.1 Å². The van der Waals surface area contributed by atoms with Gasteiger partial charge >= 0.3 is 0 Å². The van der Waals surface area contributed by atoms with E-state index < -0.39 is 10.8 Å². The van der Waals surface area contributed by atoms with Crippen LogP contribution >= 0.6 is 11.6 Å². The second-order valence-electron chi connectivity index (χ2n) is 9.05. The molecule has 0 saturated carbocycles. The molecule has 1 N–H and O–H groups in total. The second-order valence-corrected chi connectivity index (χ2v) is 11.0. The number of halogens is 1. The number of rotatable bonds is 3. The molecule has 7 nitrogen and oxygen atoms in total. The highest BCUT2D eigenvalue weighted by Gasteiger charge is 2.40. The molecule has 2 unspecified atom stereocenters. The number of hydrogen-bond donors (Lipinski definition) is 1. The Morgan fingerprint density at radius 3 is 2.66 bits per heavy atom. The third-order valence-corrected chi connectivity index (χ3v) is 8.69. The molecule has 174 valence electrons. The molecule has 1 aromatic rings. The zero-order valence-electron chi connectivity index (χ0n) is 18.8. The van der Waals surface area contributed by atoms with Crippen LogP contribution in [-0.2, 0) is 15.5 Å². The van der Waals surface area contributed by atoms with Crippen molar-refractivity contribution >= 4 is 33.9 Å². The highest BCUT2D eigenvalue weighted by Crippen LogP contribution is 2.34. The van der Waals surface area contributed by atoms with Crippen molar-refractivity contribution in [2.24, 2.45) is 4.99 Å². The molecule has 2 saturated heterocycles. The summed E-state index contributed by atoms with van der Waals surface area (Å²) in [5, 5.41) is 4.41. The highest BCUT2D eigenvalue weighted by molar-refractivity contribution is 7.90. The lowest BCUT2D eigenvalue weighted by Gasteiger charge is -2.47. The van der Waals surface area contributed by atoms with Crippen LogP contribution in [0.15, 0.2) is 39.9 Å². The molecule has 5 rings (SSSR count). The van der Waals surface area contributed by atoms with E-state index in [4.69, 9.17) is 21.3 Å². The van der Waals surface area contributed by atoms with Gasteiger partial charge in [0.2, 0.25) is 0 Å². The van der Waals surface area contributed by atoms with Gasteiger partial charge in [-0.2, -0.15) is 0 Å². The van der Waals surface area contributed by atoms with Crippen molar-refractivity contribution in [2.45, 2.75) is 44.6 Å². The molecule has 3 atom stereocenters. The number of piperazine rings is 1. The zero-order chi connectivity index (χ0) is 22.2. The number of ether oxygens (including phenoxy) is 1. The maximum absolute atomic E-state index is 12.8. The van der Waals surface area contributed by atoms with Crippen LogP contribution < -0.4 is 10.2 Å². The summed E-state index contributed by atoms with van der Waals surface area (Å²) in [6.45, 7) is 6.60. The minimum absolute atomic E-state index is 0.0754. The summed E-state index contributed by atoms with van der Waals surface area (Å²) in [5.74, 6) is 1.54. The fraction of sp³-hybridized carbons (Fsp3) is 0.609. The standard InChI is InChI=1S/C23H32ClN5O2S/c1-16-15-28(19-5-3-17(24)4-6-19)10-11-29(16)23-26-22(25-18-7-12-31-13-8-18)21-20(27(23)2)9-14-32(21)30/h3-6,16,18,23H,7-15H2,1-2H3,(H,25,26)/t16-,23?,32?/m0/s1. The quantitative estimate of drug-likeness (QED) is 0.722. The maximum Gasteiger partial charge on any atom is 0.181 e. The molecule has 9 heteroatoms. The van der Waals surface area contributed by atoms with Crippen LogP contribution in [-0.4, -0.2) is 83.9 Å². The zero-order valence-corrected chi connectivity index (χ0v) is 20.4. The number of nitrogens with zero attached hydrogens (tertiary/aromatic N) is 4. The summed E-state index contributed by atoms with van der Waals surface area (Å²) in [4.78, 5) is 13.2. The number of amidine groups is 1. The van der Waals surface area contributed by atoms with Crippen molar-refractivity contribution in [2.75, 3.05) is 50.5 Å². The Morgan fingerprint density at radius 2 is 1.94 bits per heavy atom. The van der Waals surface area contributed by atoms with E-state index in [9.17, 15) is 4.21 Å². The third-order valence-electron chi connectivity index (χ3n) is 6.98. The van der Waals surface area contributed by atoms with E-state index in [0.717, 1.165) is 67.9 Å². The van der Waals surface area contributed by atoms with Crippen LogP contribution in [0.2, 0.25) is 5.02 Å². The van der Waals surface area contributed by atoms with Gasteiger partial charge in [0.05, 0.1) is 10.8 Å². The smallest absolute Gasteiger partial charge is 0.181 e. The average Bonchev–Trinajstić information content (AvgIpc) is 3.19. The SMILES string of the molecule is C[C@H]1CN(c2ccc(Cl)cc2)CCN1C1N=C(NC2CCOCC2)C2=C(CCS2=O)N1C. The molecule has 0 bridgehead atoms. The molecule has 32 heavy (non-hydrogen) atoms. The highest BCUT2D eigenvalue weighted by atomic mass is 35.5. The monoisotopic (exact) mass is 477 g/mol. The van der Waals surface area contributed by atoms with Gasteiger partial charge in [-0.1, -0.05) is 11.6 Å². The van der Waals surface area contributed by atoms with Gasteiger partial charge in [-0.25, -0.2) is 4.99 Å². The molecular formula is C23H32ClN5O2S. The van der Waals surface area contributed by atoms with Crippen LogP contribution in [0.25, 0.3) is 0 Å². The number of nitrogens with one attached hydrogen (secondary N) is 1.